The van der Waals surface area contributed by atoms with Gasteiger partial charge in [0.2, 0.25) is 10.0 Å². The van der Waals surface area contributed by atoms with E-state index >= 15 is 0 Å². The summed E-state index contributed by atoms with van der Waals surface area (Å²) in [6, 6.07) is 3.36. The Hall–Kier alpha value is -1.59. The van der Waals surface area contributed by atoms with Gasteiger partial charge in [-0.15, -0.1) is 0 Å². The molecule has 0 unspecified atom stereocenters. The summed E-state index contributed by atoms with van der Waals surface area (Å²) in [6.45, 7) is 1.54. The van der Waals surface area contributed by atoms with Crippen molar-refractivity contribution in [2.75, 3.05) is 23.6 Å². The van der Waals surface area contributed by atoms with Crippen LogP contribution in [0.4, 0.5) is 5.82 Å². The molecule has 7 nitrogen and oxygen atoms in total. The maximum absolute atomic E-state index is 11.4. The van der Waals surface area contributed by atoms with Crippen LogP contribution in [0, 0.1) is 11.3 Å². The maximum atomic E-state index is 11.4. The molecule has 0 aromatic carbocycles. The van der Waals surface area contributed by atoms with Gasteiger partial charge in [-0.3, -0.25) is 4.72 Å². The zero-order valence-electron chi connectivity index (χ0n) is 8.42. The molecule has 86 valence electrons. The molecule has 0 spiro atoms. The monoisotopic (exact) mass is 241 g/mol. The molecular weight excluding hydrogens is 230 g/mol. The predicted molar refractivity (Wildman–Crippen MR) is 57.2 cm³/mol. The minimum Gasteiger partial charge on any atom is -0.312 e. The Morgan fingerprint density at radius 1 is 1.69 bits per heavy atom. The molecule has 1 aliphatic rings. The topological polar surface area (TPSA) is 99.8 Å². The molecule has 8 heteroatoms. The predicted octanol–water partition coefficient (Wildman–Crippen LogP) is -0.707. The molecule has 0 radical (unpaired) electrons. The third kappa shape index (κ3) is 2.15. The molecule has 0 aliphatic carbocycles. The molecule has 2 N–H and O–H groups in total. The first-order chi connectivity index (χ1) is 7.62. The van der Waals surface area contributed by atoms with Gasteiger partial charge in [-0.2, -0.15) is 10.4 Å². The molecule has 16 heavy (non-hydrogen) atoms. The number of nitrogens with one attached hydrogen (secondary N) is 2. The largest absolute Gasteiger partial charge is 0.312 e. The standard InChI is InChI=1S/C8H11N5O2S/c9-2-4-16(14,15)12-8-1-3-11-13(8)7-5-10-6-7/h1,3,7,10,12H,4-6H2. The molecule has 0 amide bonds. The molecular formula is C8H11N5O2S. The normalized spacial score (nSPS) is 16.4. The van der Waals surface area contributed by atoms with E-state index in [0.29, 0.717) is 5.82 Å². The molecule has 0 atom stereocenters. The van der Waals surface area contributed by atoms with Crippen molar-refractivity contribution in [1.82, 2.24) is 15.1 Å². The van der Waals surface area contributed by atoms with Gasteiger partial charge in [0, 0.05) is 19.2 Å². The summed E-state index contributed by atoms with van der Waals surface area (Å²) in [5, 5.41) is 15.5. The number of sulfonamides is 1. The summed E-state index contributed by atoms with van der Waals surface area (Å²) in [4.78, 5) is 0. The molecule has 1 aromatic heterocycles. The van der Waals surface area contributed by atoms with Gasteiger partial charge in [0.15, 0.2) is 5.75 Å². The maximum Gasteiger partial charge on any atom is 0.247 e. The van der Waals surface area contributed by atoms with Crippen molar-refractivity contribution in [3.63, 3.8) is 0 Å². The van der Waals surface area contributed by atoms with E-state index < -0.39 is 15.8 Å². The summed E-state index contributed by atoms with van der Waals surface area (Å²) in [6.07, 6.45) is 1.53. The van der Waals surface area contributed by atoms with Gasteiger partial charge in [-0.1, -0.05) is 0 Å². The fraction of sp³-hybridized carbons (Fsp3) is 0.500. The van der Waals surface area contributed by atoms with Gasteiger partial charge in [0.1, 0.15) is 5.82 Å². The quantitative estimate of drug-likeness (QED) is 0.725. The van der Waals surface area contributed by atoms with Crippen molar-refractivity contribution >= 4 is 15.8 Å². The number of hydrogen-bond donors (Lipinski definition) is 2. The van der Waals surface area contributed by atoms with Gasteiger partial charge in [0.05, 0.1) is 18.3 Å². The second-order valence-corrected chi connectivity index (χ2v) is 5.21. The van der Waals surface area contributed by atoms with E-state index in [4.69, 9.17) is 5.26 Å². The van der Waals surface area contributed by atoms with Crippen molar-refractivity contribution in [3.8, 4) is 6.07 Å². The molecule has 0 bridgehead atoms. The highest BCUT2D eigenvalue weighted by molar-refractivity contribution is 7.92. The Balaban J connectivity index is 2.16. The van der Waals surface area contributed by atoms with Gasteiger partial charge < -0.3 is 5.32 Å². The van der Waals surface area contributed by atoms with Crippen molar-refractivity contribution in [3.05, 3.63) is 12.3 Å². The SMILES string of the molecule is N#CCS(=O)(=O)Nc1ccnn1C1CNC1. The van der Waals surface area contributed by atoms with Crippen LogP contribution in [0.1, 0.15) is 6.04 Å². The fourth-order valence-electron chi connectivity index (χ4n) is 1.41. The van der Waals surface area contributed by atoms with Gasteiger partial charge >= 0.3 is 0 Å². The van der Waals surface area contributed by atoms with Crippen molar-refractivity contribution in [2.45, 2.75) is 6.04 Å². The first kappa shape index (κ1) is 10.9. The van der Waals surface area contributed by atoms with E-state index in [-0.39, 0.29) is 6.04 Å². The minimum atomic E-state index is -3.59. The van der Waals surface area contributed by atoms with Gasteiger partial charge in [0.25, 0.3) is 0 Å². The third-order valence-corrected chi connectivity index (χ3v) is 3.32. The zero-order chi connectivity index (χ0) is 11.6. The average molecular weight is 241 g/mol. The minimum absolute atomic E-state index is 0.176. The van der Waals surface area contributed by atoms with Crippen LogP contribution in [0.15, 0.2) is 12.3 Å². The molecule has 1 fully saturated rings. The summed E-state index contributed by atoms with van der Waals surface area (Å²) >= 11 is 0. The van der Waals surface area contributed by atoms with Crippen molar-refractivity contribution in [1.29, 1.82) is 5.26 Å². The molecule has 2 rings (SSSR count). The number of aromatic nitrogens is 2. The van der Waals surface area contributed by atoms with E-state index in [1.54, 1.807) is 16.8 Å². The second-order valence-electron chi connectivity index (χ2n) is 3.49. The van der Waals surface area contributed by atoms with Crippen LogP contribution in [0.5, 0.6) is 0 Å². The van der Waals surface area contributed by atoms with Crippen LogP contribution < -0.4 is 10.0 Å². The molecule has 0 saturated carbocycles. The molecule has 1 saturated heterocycles. The van der Waals surface area contributed by atoms with E-state index in [1.807, 2.05) is 0 Å². The van der Waals surface area contributed by atoms with Crippen molar-refractivity contribution < 1.29 is 8.42 Å². The lowest BCUT2D eigenvalue weighted by atomic mass is 10.2. The first-order valence-electron chi connectivity index (χ1n) is 4.74. The van der Waals surface area contributed by atoms with Crippen LogP contribution in [-0.2, 0) is 10.0 Å². The Morgan fingerprint density at radius 2 is 2.44 bits per heavy atom. The first-order valence-corrected chi connectivity index (χ1v) is 6.39. The highest BCUT2D eigenvalue weighted by atomic mass is 32.2. The summed E-state index contributed by atoms with van der Waals surface area (Å²) in [7, 11) is -3.59. The lowest BCUT2D eigenvalue weighted by Crippen LogP contribution is -2.44. The Morgan fingerprint density at radius 3 is 3.00 bits per heavy atom. The summed E-state index contributed by atoms with van der Waals surface area (Å²) < 4.78 is 26.7. The van der Waals surface area contributed by atoms with E-state index in [9.17, 15) is 8.42 Å². The van der Waals surface area contributed by atoms with Crippen LogP contribution in [0.2, 0.25) is 0 Å². The number of anilines is 1. The van der Waals surface area contributed by atoms with E-state index in [2.05, 4.69) is 15.1 Å². The molecule has 2 heterocycles. The average Bonchev–Trinajstić information content (AvgIpc) is 2.49. The number of rotatable bonds is 4. The van der Waals surface area contributed by atoms with Crippen molar-refractivity contribution in [2.24, 2.45) is 0 Å². The highest BCUT2D eigenvalue weighted by Gasteiger charge is 2.23. The fourth-order valence-corrected chi connectivity index (χ4v) is 2.14. The third-order valence-electron chi connectivity index (χ3n) is 2.29. The van der Waals surface area contributed by atoms with Gasteiger partial charge in [-0.05, 0) is 0 Å². The van der Waals surface area contributed by atoms with E-state index in [1.165, 1.54) is 6.20 Å². The number of nitrogens with zero attached hydrogens (tertiary/aromatic N) is 3. The summed E-state index contributed by atoms with van der Waals surface area (Å²) in [5.74, 6) is -0.150. The number of hydrogen-bond acceptors (Lipinski definition) is 5. The van der Waals surface area contributed by atoms with Crippen LogP contribution in [-0.4, -0.2) is 37.0 Å². The Bertz CT molecular complexity index is 511. The lowest BCUT2D eigenvalue weighted by Gasteiger charge is -2.28. The molecule has 1 aromatic rings. The molecule has 1 aliphatic heterocycles. The Kier molecular flexibility index (Phi) is 2.80. The lowest BCUT2D eigenvalue weighted by molar-refractivity contribution is 0.322. The smallest absolute Gasteiger partial charge is 0.247 e. The van der Waals surface area contributed by atoms with Crippen LogP contribution in [0.3, 0.4) is 0 Å². The van der Waals surface area contributed by atoms with E-state index in [0.717, 1.165) is 13.1 Å². The second kappa shape index (κ2) is 4.11. The van der Waals surface area contributed by atoms with Gasteiger partial charge in [-0.25, -0.2) is 13.1 Å². The highest BCUT2D eigenvalue weighted by Crippen LogP contribution is 2.18. The number of nitriles is 1. The zero-order valence-corrected chi connectivity index (χ0v) is 9.24. The van der Waals surface area contributed by atoms with Crippen LogP contribution >= 0.6 is 0 Å². The Labute approximate surface area is 93.1 Å². The van der Waals surface area contributed by atoms with Crippen LogP contribution in [0.25, 0.3) is 0 Å². The summed E-state index contributed by atoms with van der Waals surface area (Å²) in [5.41, 5.74) is 0.